The zero-order valence-electron chi connectivity index (χ0n) is 10.8. The average Bonchev–Trinajstić information content (AvgIpc) is 2.15. The Kier molecular flexibility index (Phi) is 4.12. The zero-order chi connectivity index (χ0) is 13.1. The number of amides is 1. The summed E-state index contributed by atoms with van der Waals surface area (Å²) in [6.07, 6.45) is 0. The second-order valence-corrected chi connectivity index (χ2v) is 4.81. The lowest BCUT2D eigenvalue weighted by Crippen LogP contribution is -2.47. The minimum absolute atomic E-state index is 0.164. The summed E-state index contributed by atoms with van der Waals surface area (Å²) >= 11 is 0. The summed E-state index contributed by atoms with van der Waals surface area (Å²) in [4.78, 5) is 12.1. The normalized spacial score (nSPS) is 11.3. The Labute approximate surface area is 102 Å². The molecule has 4 heteroatoms. The van der Waals surface area contributed by atoms with E-state index < -0.39 is 5.54 Å². The van der Waals surface area contributed by atoms with Gasteiger partial charge in [0.25, 0.3) is 5.91 Å². The van der Waals surface area contributed by atoms with Crippen LogP contribution in [0.4, 0.5) is 5.69 Å². The molecular weight excluding hydrogens is 216 g/mol. The highest BCUT2D eigenvalue weighted by molar-refractivity contribution is 6.00. The van der Waals surface area contributed by atoms with Crippen molar-refractivity contribution >= 4 is 11.6 Å². The van der Waals surface area contributed by atoms with Crippen LogP contribution in [0.5, 0.6) is 0 Å². The van der Waals surface area contributed by atoms with E-state index >= 15 is 0 Å². The second-order valence-electron chi connectivity index (χ2n) is 4.81. The molecule has 0 atom stereocenters. The Morgan fingerprint density at radius 1 is 1.47 bits per heavy atom. The van der Waals surface area contributed by atoms with Crippen LogP contribution in [0.15, 0.2) is 18.2 Å². The largest absolute Gasteiger partial charge is 0.398 e. The van der Waals surface area contributed by atoms with Gasteiger partial charge in [0.15, 0.2) is 0 Å². The molecule has 3 N–H and O–H groups in total. The van der Waals surface area contributed by atoms with Crippen LogP contribution in [-0.4, -0.2) is 25.2 Å². The molecule has 0 spiro atoms. The molecule has 4 nitrogen and oxygen atoms in total. The minimum Gasteiger partial charge on any atom is -0.398 e. The number of carbonyl (C=O) groups excluding carboxylic acids is 1. The smallest absolute Gasteiger partial charge is 0.254 e. The summed E-state index contributed by atoms with van der Waals surface area (Å²) in [5, 5.41) is 2.91. The number of hydrogen-bond donors (Lipinski definition) is 2. The SMILES string of the molecule is COCC(C)(C)NC(=O)c1c(C)cccc1N. The fourth-order valence-corrected chi connectivity index (χ4v) is 1.77. The third-order valence-electron chi connectivity index (χ3n) is 2.49. The number of methoxy groups -OCH3 is 1. The van der Waals surface area contributed by atoms with Crippen LogP contribution in [0.25, 0.3) is 0 Å². The number of nitrogens with two attached hydrogens (primary N) is 1. The van der Waals surface area contributed by atoms with Crippen molar-refractivity contribution in [2.24, 2.45) is 0 Å². The molecule has 94 valence electrons. The van der Waals surface area contributed by atoms with E-state index in [4.69, 9.17) is 10.5 Å². The maximum atomic E-state index is 12.1. The number of anilines is 1. The van der Waals surface area contributed by atoms with Gasteiger partial charge in [0.2, 0.25) is 0 Å². The highest BCUT2D eigenvalue weighted by Gasteiger charge is 2.22. The first-order valence-electron chi connectivity index (χ1n) is 5.54. The Morgan fingerprint density at radius 3 is 2.65 bits per heavy atom. The summed E-state index contributed by atoms with van der Waals surface area (Å²) in [5.41, 5.74) is 7.31. The summed E-state index contributed by atoms with van der Waals surface area (Å²) in [6, 6.07) is 5.43. The van der Waals surface area contributed by atoms with Gasteiger partial charge in [-0.05, 0) is 32.4 Å². The third kappa shape index (κ3) is 3.46. The first-order chi connectivity index (χ1) is 7.87. The lowest BCUT2D eigenvalue weighted by molar-refractivity contribution is 0.0820. The van der Waals surface area contributed by atoms with Gasteiger partial charge in [-0.3, -0.25) is 4.79 Å². The quantitative estimate of drug-likeness (QED) is 0.782. The van der Waals surface area contributed by atoms with Gasteiger partial charge in [0, 0.05) is 12.8 Å². The van der Waals surface area contributed by atoms with E-state index in [1.54, 1.807) is 13.2 Å². The molecule has 0 heterocycles. The zero-order valence-corrected chi connectivity index (χ0v) is 10.8. The fourth-order valence-electron chi connectivity index (χ4n) is 1.77. The van der Waals surface area contributed by atoms with E-state index in [0.717, 1.165) is 5.56 Å². The van der Waals surface area contributed by atoms with Gasteiger partial charge in [0.1, 0.15) is 0 Å². The minimum atomic E-state index is -0.416. The molecule has 0 saturated heterocycles. The van der Waals surface area contributed by atoms with Crippen LogP contribution >= 0.6 is 0 Å². The van der Waals surface area contributed by atoms with Gasteiger partial charge in [-0.1, -0.05) is 12.1 Å². The molecule has 1 aromatic carbocycles. The molecule has 0 aliphatic carbocycles. The molecular formula is C13H20N2O2. The molecule has 1 amide bonds. The molecule has 0 unspecified atom stereocenters. The van der Waals surface area contributed by atoms with Crippen molar-refractivity contribution in [3.63, 3.8) is 0 Å². The maximum absolute atomic E-state index is 12.1. The van der Waals surface area contributed by atoms with E-state index in [0.29, 0.717) is 17.9 Å². The number of nitrogens with one attached hydrogen (secondary N) is 1. The number of rotatable bonds is 4. The van der Waals surface area contributed by atoms with Gasteiger partial charge in [-0.25, -0.2) is 0 Å². The van der Waals surface area contributed by atoms with Gasteiger partial charge in [-0.2, -0.15) is 0 Å². The maximum Gasteiger partial charge on any atom is 0.254 e. The first kappa shape index (κ1) is 13.5. The van der Waals surface area contributed by atoms with Crippen molar-refractivity contribution in [1.82, 2.24) is 5.32 Å². The Balaban J connectivity index is 2.91. The summed E-state index contributed by atoms with van der Waals surface area (Å²) in [5.74, 6) is -0.164. The molecule has 17 heavy (non-hydrogen) atoms. The summed E-state index contributed by atoms with van der Waals surface area (Å²) < 4.78 is 5.06. The van der Waals surface area contributed by atoms with Crippen LogP contribution in [0, 0.1) is 6.92 Å². The first-order valence-corrected chi connectivity index (χ1v) is 5.54. The number of nitrogen functional groups attached to an aromatic ring is 1. The van der Waals surface area contributed by atoms with Gasteiger partial charge in [0.05, 0.1) is 17.7 Å². The average molecular weight is 236 g/mol. The number of hydrogen-bond acceptors (Lipinski definition) is 3. The van der Waals surface area contributed by atoms with Crippen molar-refractivity contribution in [3.8, 4) is 0 Å². The van der Waals surface area contributed by atoms with Crippen LogP contribution < -0.4 is 11.1 Å². The van der Waals surface area contributed by atoms with Gasteiger partial charge in [-0.15, -0.1) is 0 Å². The monoisotopic (exact) mass is 236 g/mol. The molecule has 0 aliphatic rings. The van der Waals surface area contributed by atoms with E-state index in [-0.39, 0.29) is 5.91 Å². The van der Waals surface area contributed by atoms with Crippen molar-refractivity contribution in [3.05, 3.63) is 29.3 Å². The molecule has 0 saturated carbocycles. The van der Waals surface area contributed by atoms with Crippen LogP contribution in [0.1, 0.15) is 29.8 Å². The molecule has 1 rings (SSSR count). The van der Waals surface area contributed by atoms with Crippen LogP contribution in [0.2, 0.25) is 0 Å². The highest BCUT2D eigenvalue weighted by Crippen LogP contribution is 2.17. The topological polar surface area (TPSA) is 64.3 Å². The van der Waals surface area contributed by atoms with Crippen LogP contribution in [0.3, 0.4) is 0 Å². The lowest BCUT2D eigenvalue weighted by atomic mass is 10.0. The third-order valence-corrected chi connectivity index (χ3v) is 2.49. The number of ether oxygens (including phenoxy) is 1. The predicted octanol–water partition coefficient (Wildman–Crippen LogP) is 1.73. The summed E-state index contributed by atoms with van der Waals surface area (Å²) in [7, 11) is 1.61. The van der Waals surface area contributed by atoms with E-state index in [9.17, 15) is 4.79 Å². The van der Waals surface area contributed by atoms with E-state index in [1.165, 1.54) is 0 Å². The molecule has 0 aliphatic heterocycles. The Hall–Kier alpha value is -1.55. The molecule has 0 radical (unpaired) electrons. The predicted molar refractivity (Wildman–Crippen MR) is 69.0 cm³/mol. The number of carbonyl (C=O) groups is 1. The second kappa shape index (κ2) is 5.19. The van der Waals surface area contributed by atoms with Crippen molar-refractivity contribution in [2.75, 3.05) is 19.5 Å². The molecule has 0 fully saturated rings. The molecule has 1 aromatic rings. The van der Waals surface area contributed by atoms with E-state index in [1.807, 2.05) is 32.9 Å². The standard InChI is InChI=1S/C13H20N2O2/c1-9-6-5-7-10(14)11(9)12(16)15-13(2,3)8-17-4/h5-7H,8,14H2,1-4H3,(H,15,16). The van der Waals surface area contributed by atoms with Crippen molar-refractivity contribution < 1.29 is 9.53 Å². The van der Waals surface area contributed by atoms with Gasteiger partial charge < -0.3 is 15.8 Å². The lowest BCUT2D eigenvalue weighted by Gasteiger charge is -2.26. The van der Waals surface area contributed by atoms with Crippen molar-refractivity contribution in [1.29, 1.82) is 0 Å². The number of aryl methyl sites for hydroxylation is 1. The molecule has 0 aromatic heterocycles. The van der Waals surface area contributed by atoms with E-state index in [2.05, 4.69) is 5.32 Å². The van der Waals surface area contributed by atoms with Crippen molar-refractivity contribution in [2.45, 2.75) is 26.3 Å². The number of benzene rings is 1. The Bertz CT molecular complexity index is 394. The fraction of sp³-hybridized carbons (Fsp3) is 0.462. The van der Waals surface area contributed by atoms with Gasteiger partial charge >= 0.3 is 0 Å². The highest BCUT2D eigenvalue weighted by atomic mass is 16.5. The Morgan fingerprint density at radius 2 is 2.12 bits per heavy atom. The van der Waals surface area contributed by atoms with Crippen LogP contribution in [-0.2, 0) is 4.74 Å². The summed E-state index contributed by atoms with van der Waals surface area (Å²) in [6.45, 7) is 6.13. The molecule has 0 bridgehead atoms.